The van der Waals surface area contributed by atoms with Crippen LogP contribution in [0.3, 0.4) is 0 Å². The van der Waals surface area contributed by atoms with Crippen molar-refractivity contribution in [2.75, 3.05) is 0 Å². The van der Waals surface area contributed by atoms with Crippen molar-refractivity contribution >= 4 is 0 Å². The summed E-state index contributed by atoms with van der Waals surface area (Å²) in [7, 11) is 0. The topological polar surface area (TPSA) is 0 Å². The van der Waals surface area contributed by atoms with E-state index < -0.39 is 0 Å². The van der Waals surface area contributed by atoms with Gasteiger partial charge in [-0.2, -0.15) is 0 Å². The van der Waals surface area contributed by atoms with Crippen molar-refractivity contribution in [1.82, 2.24) is 0 Å². The van der Waals surface area contributed by atoms with Crippen LogP contribution in [0.25, 0.3) is 0 Å². The second kappa shape index (κ2) is 6.63. The molecule has 0 nitrogen and oxygen atoms in total. The van der Waals surface area contributed by atoms with Crippen LogP contribution in [-0.4, -0.2) is 0 Å². The predicted octanol–water partition coefficient (Wildman–Crippen LogP) is 6.51. The SMILES string of the molecule is CC(C)CC(C)C(C)C1CC(C2CC2C(C)C(C)C)C1C. The van der Waals surface area contributed by atoms with Gasteiger partial charge in [-0.1, -0.05) is 55.4 Å². The summed E-state index contributed by atoms with van der Waals surface area (Å²) in [5.41, 5.74) is 0. The molecule has 0 amide bonds. The zero-order valence-electron chi connectivity index (χ0n) is 15.9. The lowest BCUT2D eigenvalue weighted by molar-refractivity contribution is 0.000582. The van der Waals surface area contributed by atoms with E-state index in [1.54, 1.807) is 0 Å². The Morgan fingerprint density at radius 1 is 0.762 bits per heavy atom. The molecular formula is C21H40. The third kappa shape index (κ3) is 3.67. The minimum atomic E-state index is 0.855. The van der Waals surface area contributed by atoms with Crippen LogP contribution in [0.5, 0.6) is 0 Å². The van der Waals surface area contributed by atoms with Gasteiger partial charge in [-0.3, -0.25) is 0 Å². The van der Waals surface area contributed by atoms with Gasteiger partial charge in [-0.05, 0) is 78.4 Å². The molecule has 0 radical (unpaired) electrons. The molecule has 0 N–H and O–H groups in total. The molecule has 0 bridgehead atoms. The molecular weight excluding hydrogens is 252 g/mol. The van der Waals surface area contributed by atoms with Crippen LogP contribution in [-0.2, 0) is 0 Å². The van der Waals surface area contributed by atoms with Crippen molar-refractivity contribution < 1.29 is 0 Å². The first-order valence-corrected chi connectivity index (χ1v) is 9.73. The maximum atomic E-state index is 2.56. The Bertz CT molecular complexity index is 329. The molecule has 2 fully saturated rings. The monoisotopic (exact) mass is 292 g/mol. The maximum absolute atomic E-state index is 2.56. The largest absolute Gasteiger partial charge is 0.0628 e. The normalized spacial score (nSPS) is 40.0. The minimum Gasteiger partial charge on any atom is -0.0628 e. The third-order valence-electron chi connectivity index (χ3n) is 7.48. The summed E-state index contributed by atoms with van der Waals surface area (Å²) in [6.45, 7) is 19.6. The van der Waals surface area contributed by atoms with Crippen LogP contribution < -0.4 is 0 Å². The summed E-state index contributed by atoms with van der Waals surface area (Å²) in [5, 5.41) is 0. The van der Waals surface area contributed by atoms with Crippen molar-refractivity contribution in [3.8, 4) is 0 Å². The van der Waals surface area contributed by atoms with Crippen molar-refractivity contribution in [3.63, 3.8) is 0 Å². The van der Waals surface area contributed by atoms with Gasteiger partial charge in [0.15, 0.2) is 0 Å². The maximum Gasteiger partial charge on any atom is -0.0349 e. The first kappa shape index (κ1) is 17.4. The second-order valence-electron chi connectivity index (χ2n) is 9.56. The van der Waals surface area contributed by atoms with E-state index in [-0.39, 0.29) is 0 Å². The fourth-order valence-corrected chi connectivity index (χ4v) is 5.33. The minimum absolute atomic E-state index is 0.855. The van der Waals surface area contributed by atoms with E-state index in [0.29, 0.717) is 0 Å². The molecule has 2 aliphatic carbocycles. The van der Waals surface area contributed by atoms with E-state index in [1.807, 2.05) is 0 Å². The molecule has 0 saturated heterocycles. The van der Waals surface area contributed by atoms with Gasteiger partial charge in [0.25, 0.3) is 0 Å². The van der Waals surface area contributed by atoms with Gasteiger partial charge in [0.2, 0.25) is 0 Å². The molecule has 8 atom stereocenters. The number of hydrogen-bond donors (Lipinski definition) is 0. The highest BCUT2D eigenvalue weighted by molar-refractivity contribution is 5.03. The summed E-state index contributed by atoms with van der Waals surface area (Å²) in [5.74, 6) is 9.71. The lowest BCUT2D eigenvalue weighted by Crippen LogP contribution is -2.42. The molecule has 0 aromatic carbocycles. The van der Waals surface area contributed by atoms with E-state index in [2.05, 4.69) is 55.4 Å². The second-order valence-corrected chi connectivity index (χ2v) is 9.56. The number of hydrogen-bond acceptors (Lipinski definition) is 0. The standard InChI is InChI=1S/C21H40/c1-12(2)9-14(5)16(7)18-10-20(17(18)8)21-11-19(21)15(6)13(3)4/h12-21H,9-11H2,1-8H3. The molecule has 21 heavy (non-hydrogen) atoms. The van der Waals surface area contributed by atoms with Gasteiger partial charge in [0.05, 0.1) is 0 Å². The van der Waals surface area contributed by atoms with Gasteiger partial charge < -0.3 is 0 Å². The fraction of sp³-hybridized carbons (Fsp3) is 1.00. The van der Waals surface area contributed by atoms with Crippen molar-refractivity contribution in [3.05, 3.63) is 0 Å². The van der Waals surface area contributed by atoms with E-state index >= 15 is 0 Å². The van der Waals surface area contributed by atoms with Gasteiger partial charge in [0.1, 0.15) is 0 Å². The highest BCUT2D eigenvalue weighted by atomic mass is 14.6. The Morgan fingerprint density at radius 3 is 1.81 bits per heavy atom. The Balaban J connectivity index is 1.80. The lowest BCUT2D eigenvalue weighted by atomic mass is 9.56. The summed E-state index contributed by atoms with van der Waals surface area (Å²) in [6.07, 6.45) is 4.49. The molecule has 0 aromatic rings. The van der Waals surface area contributed by atoms with Crippen LogP contribution in [0.2, 0.25) is 0 Å². The molecule has 0 heteroatoms. The molecule has 8 unspecified atom stereocenters. The van der Waals surface area contributed by atoms with Crippen molar-refractivity contribution in [2.24, 2.45) is 59.2 Å². The molecule has 2 aliphatic rings. The van der Waals surface area contributed by atoms with Gasteiger partial charge in [-0.15, -0.1) is 0 Å². The van der Waals surface area contributed by atoms with Crippen molar-refractivity contribution in [1.29, 1.82) is 0 Å². The van der Waals surface area contributed by atoms with E-state index in [9.17, 15) is 0 Å². The summed E-state index contributed by atoms with van der Waals surface area (Å²) >= 11 is 0. The summed E-state index contributed by atoms with van der Waals surface area (Å²) < 4.78 is 0. The molecule has 124 valence electrons. The first-order chi connectivity index (χ1) is 9.73. The lowest BCUT2D eigenvalue weighted by Gasteiger charge is -2.49. The van der Waals surface area contributed by atoms with Crippen LogP contribution >= 0.6 is 0 Å². The number of rotatable bonds is 7. The molecule has 0 aromatic heterocycles. The first-order valence-electron chi connectivity index (χ1n) is 9.73. The van der Waals surface area contributed by atoms with E-state index in [0.717, 1.165) is 59.2 Å². The fourth-order valence-electron chi connectivity index (χ4n) is 5.33. The van der Waals surface area contributed by atoms with Crippen LogP contribution in [0, 0.1) is 59.2 Å². The van der Waals surface area contributed by atoms with Crippen LogP contribution in [0.4, 0.5) is 0 Å². The van der Waals surface area contributed by atoms with Crippen LogP contribution in [0.15, 0.2) is 0 Å². The van der Waals surface area contributed by atoms with Gasteiger partial charge >= 0.3 is 0 Å². The predicted molar refractivity (Wildman–Crippen MR) is 94.1 cm³/mol. The Morgan fingerprint density at radius 2 is 1.33 bits per heavy atom. The van der Waals surface area contributed by atoms with Gasteiger partial charge in [-0.25, -0.2) is 0 Å². The Kier molecular flexibility index (Phi) is 5.48. The molecule has 2 rings (SSSR count). The molecule has 2 saturated carbocycles. The highest BCUT2D eigenvalue weighted by Crippen LogP contribution is 2.61. The molecule has 0 aliphatic heterocycles. The van der Waals surface area contributed by atoms with Crippen LogP contribution in [0.1, 0.15) is 74.7 Å². The molecule has 0 heterocycles. The van der Waals surface area contributed by atoms with E-state index in [4.69, 9.17) is 0 Å². The van der Waals surface area contributed by atoms with Crippen molar-refractivity contribution in [2.45, 2.75) is 74.7 Å². The quantitative estimate of drug-likeness (QED) is 0.502. The average molecular weight is 293 g/mol. The highest BCUT2D eigenvalue weighted by Gasteiger charge is 2.54. The van der Waals surface area contributed by atoms with Gasteiger partial charge in [0, 0.05) is 0 Å². The smallest absolute Gasteiger partial charge is 0.0349 e. The molecule has 0 spiro atoms. The summed E-state index contributed by atoms with van der Waals surface area (Å²) in [4.78, 5) is 0. The van der Waals surface area contributed by atoms with E-state index in [1.165, 1.54) is 19.3 Å². The zero-order chi connectivity index (χ0) is 15.9. The Hall–Kier alpha value is 0. The summed E-state index contributed by atoms with van der Waals surface area (Å²) in [6, 6.07) is 0. The average Bonchev–Trinajstić information content (AvgIpc) is 3.14. The Labute approximate surface area is 134 Å². The third-order valence-corrected chi connectivity index (χ3v) is 7.48. The zero-order valence-corrected chi connectivity index (χ0v) is 15.9.